The monoisotopic (exact) mass is 342 g/mol. The maximum absolute atomic E-state index is 12.6. The number of nitrogens with one attached hydrogen (secondary N) is 1. The molecule has 1 saturated heterocycles. The Hall–Kier alpha value is -2.67. The van der Waals surface area contributed by atoms with Crippen LogP contribution in [0.1, 0.15) is 17.0 Å². The molecule has 25 heavy (non-hydrogen) atoms. The zero-order valence-corrected chi connectivity index (χ0v) is 14.4. The SMILES string of the molecule is CNc1cnc(C(=O)N2CC[C@@](COc3ccccc3)(OC)C2)nc1. The van der Waals surface area contributed by atoms with Gasteiger partial charge in [-0.3, -0.25) is 4.79 Å². The number of nitrogens with zero attached hydrogens (tertiary/aromatic N) is 3. The third-order valence-electron chi connectivity index (χ3n) is 4.41. The number of rotatable bonds is 6. The molecule has 1 N–H and O–H groups in total. The molecule has 0 saturated carbocycles. The molecule has 132 valence electrons. The first-order chi connectivity index (χ1) is 12.2. The maximum atomic E-state index is 12.6. The lowest BCUT2D eigenvalue weighted by Gasteiger charge is -2.27. The molecule has 1 aliphatic heterocycles. The van der Waals surface area contributed by atoms with Gasteiger partial charge in [-0.1, -0.05) is 18.2 Å². The second kappa shape index (κ2) is 7.48. The molecule has 1 atom stereocenters. The van der Waals surface area contributed by atoms with Crippen molar-refractivity contribution in [3.05, 3.63) is 48.5 Å². The molecule has 0 radical (unpaired) electrons. The lowest BCUT2D eigenvalue weighted by atomic mass is 10.0. The molecule has 0 unspecified atom stereocenters. The number of ether oxygens (including phenoxy) is 2. The summed E-state index contributed by atoms with van der Waals surface area (Å²) in [4.78, 5) is 22.6. The highest BCUT2D eigenvalue weighted by Gasteiger charge is 2.41. The van der Waals surface area contributed by atoms with Crippen molar-refractivity contribution in [2.75, 3.05) is 39.2 Å². The Morgan fingerprint density at radius 3 is 2.64 bits per heavy atom. The Balaban J connectivity index is 1.64. The second-order valence-electron chi connectivity index (χ2n) is 6.01. The van der Waals surface area contributed by atoms with E-state index in [9.17, 15) is 4.79 Å². The van der Waals surface area contributed by atoms with Gasteiger partial charge in [0.1, 0.15) is 18.0 Å². The van der Waals surface area contributed by atoms with Crippen molar-refractivity contribution in [3.8, 4) is 5.75 Å². The van der Waals surface area contributed by atoms with Crippen molar-refractivity contribution in [1.29, 1.82) is 0 Å². The molecule has 0 bridgehead atoms. The number of hydrogen-bond acceptors (Lipinski definition) is 6. The van der Waals surface area contributed by atoms with Gasteiger partial charge in [-0.05, 0) is 18.6 Å². The van der Waals surface area contributed by atoms with Gasteiger partial charge in [0, 0.05) is 20.7 Å². The average molecular weight is 342 g/mol. The highest BCUT2D eigenvalue weighted by Crippen LogP contribution is 2.27. The number of aromatic nitrogens is 2. The molecular formula is C18H22N4O3. The molecule has 1 aromatic heterocycles. The summed E-state index contributed by atoms with van der Waals surface area (Å²) >= 11 is 0. The van der Waals surface area contributed by atoms with Crippen molar-refractivity contribution < 1.29 is 14.3 Å². The Morgan fingerprint density at radius 1 is 1.28 bits per heavy atom. The highest BCUT2D eigenvalue weighted by atomic mass is 16.5. The summed E-state index contributed by atoms with van der Waals surface area (Å²) in [5.41, 5.74) is 0.247. The Kier molecular flexibility index (Phi) is 5.14. The van der Waals surface area contributed by atoms with E-state index in [-0.39, 0.29) is 11.7 Å². The third kappa shape index (κ3) is 3.88. The number of benzene rings is 1. The van der Waals surface area contributed by atoms with Crippen molar-refractivity contribution in [2.45, 2.75) is 12.0 Å². The summed E-state index contributed by atoms with van der Waals surface area (Å²) in [7, 11) is 3.43. The van der Waals surface area contributed by atoms with Crippen LogP contribution in [0, 0.1) is 0 Å². The van der Waals surface area contributed by atoms with Crippen molar-refractivity contribution in [1.82, 2.24) is 14.9 Å². The number of hydrogen-bond donors (Lipinski definition) is 1. The summed E-state index contributed by atoms with van der Waals surface area (Å²) in [5.74, 6) is 0.783. The van der Waals surface area contributed by atoms with Crippen LogP contribution in [-0.4, -0.2) is 60.2 Å². The molecule has 0 aliphatic carbocycles. The van der Waals surface area contributed by atoms with Gasteiger partial charge in [0.25, 0.3) is 5.91 Å². The minimum absolute atomic E-state index is 0.190. The van der Waals surface area contributed by atoms with Crippen LogP contribution in [-0.2, 0) is 4.74 Å². The van der Waals surface area contributed by atoms with Gasteiger partial charge in [0.2, 0.25) is 5.82 Å². The molecule has 2 aromatic rings. The van der Waals surface area contributed by atoms with Gasteiger partial charge < -0.3 is 19.7 Å². The molecule has 0 spiro atoms. The standard InChI is InChI=1S/C18H22N4O3/c1-19-14-10-20-16(21-11-14)17(23)22-9-8-18(12-22,24-2)13-25-15-6-4-3-5-7-15/h3-7,10-11,19H,8-9,12-13H2,1-2H3/t18-/m1/s1. The van der Waals surface area contributed by atoms with Crippen molar-refractivity contribution in [3.63, 3.8) is 0 Å². The summed E-state index contributed by atoms with van der Waals surface area (Å²) in [6, 6.07) is 9.59. The predicted octanol–water partition coefficient (Wildman–Crippen LogP) is 1.83. The topological polar surface area (TPSA) is 76.6 Å². The van der Waals surface area contributed by atoms with Gasteiger partial charge in [-0.2, -0.15) is 0 Å². The van der Waals surface area contributed by atoms with Crippen LogP contribution in [0.15, 0.2) is 42.7 Å². The van der Waals surface area contributed by atoms with Gasteiger partial charge >= 0.3 is 0 Å². The molecule has 1 fully saturated rings. The molecule has 7 nitrogen and oxygen atoms in total. The van der Waals surface area contributed by atoms with E-state index in [0.717, 1.165) is 11.4 Å². The van der Waals surface area contributed by atoms with Crippen molar-refractivity contribution in [2.24, 2.45) is 0 Å². The van der Waals surface area contributed by atoms with Crippen LogP contribution in [0.3, 0.4) is 0 Å². The predicted molar refractivity (Wildman–Crippen MR) is 93.8 cm³/mol. The van der Waals surface area contributed by atoms with Gasteiger partial charge in [-0.25, -0.2) is 9.97 Å². The van der Waals surface area contributed by atoms with E-state index in [4.69, 9.17) is 9.47 Å². The van der Waals surface area contributed by atoms with E-state index in [2.05, 4.69) is 15.3 Å². The average Bonchev–Trinajstić information content (AvgIpc) is 3.12. The Bertz CT molecular complexity index is 708. The maximum Gasteiger partial charge on any atom is 0.291 e. The number of carbonyl (C=O) groups excluding carboxylic acids is 1. The van der Waals surface area contributed by atoms with Gasteiger partial charge in [0.05, 0.1) is 24.6 Å². The fraction of sp³-hybridized carbons (Fsp3) is 0.389. The summed E-state index contributed by atoms with van der Waals surface area (Å²) in [6.07, 6.45) is 3.90. The van der Waals surface area contributed by atoms with Crippen LogP contribution < -0.4 is 10.1 Å². The number of para-hydroxylation sites is 1. The second-order valence-corrected chi connectivity index (χ2v) is 6.01. The van der Waals surface area contributed by atoms with E-state index in [0.29, 0.717) is 26.1 Å². The van der Waals surface area contributed by atoms with Crippen LogP contribution in [0.25, 0.3) is 0 Å². The minimum Gasteiger partial charge on any atom is -0.491 e. The molecule has 1 aliphatic rings. The quantitative estimate of drug-likeness (QED) is 0.863. The van der Waals surface area contributed by atoms with Crippen LogP contribution in [0.4, 0.5) is 5.69 Å². The summed E-state index contributed by atoms with van der Waals surface area (Å²) in [6.45, 7) is 1.42. The van der Waals surface area contributed by atoms with Crippen LogP contribution >= 0.6 is 0 Å². The van der Waals surface area contributed by atoms with E-state index in [1.165, 1.54) is 0 Å². The number of likely N-dealkylation sites (tertiary alicyclic amines) is 1. The summed E-state index contributed by atoms with van der Waals surface area (Å²) in [5, 5.41) is 2.93. The smallest absolute Gasteiger partial charge is 0.291 e. The lowest BCUT2D eigenvalue weighted by Crippen LogP contribution is -2.42. The summed E-state index contributed by atoms with van der Waals surface area (Å²) < 4.78 is 11.5. The van der Waals surface area contributed by atoms with Crippen molar-refractivity contribution >= 4 is 11.6 Å². The molecule has 3 rings (SSSR count). The minimum atomic E-state index is -0.517. The molecule has 2 heterocycles. The normalized spacial score (nSPS) is 19.7. The molecule has 7 heteroatoms. The van der Waals surface area contributed by atoms with Gasteiger partial charge in [0.15, 0.2) is 0 Å². The van der Waals surface area contributed by atoms with Crippen LogP contribution in [0.2, 0.25) is 0 Å². The van der Waals surface area contributed by atoms with E-state index in [1.54, 1.807) is 31.5 Å². The zero-order valence-electron chi connectivity index (χ0n) is 14.4. The lowest BCUT2D eigenvalue weighted by molar-refractivity contribution is -0.0343. The Morgan fingerprint density at radius 2 is 2.00 bits per heavy atom. The molecular weight excluding hydrogens is 320 g/mol. The number of methoxy groups -OCH3 is 1. The number of amides is 1. The Labute approximate surface area is 147 Å². The van der Waals surface area contributed by atoms with E-state index in [1.807, 2.05) is 30.3 Å². The first-order valence-corrected chi connectivity index (χ1v) is 8.18. The number of carbonyl (C=O) groups is 1. The van der Waals surface area contributed by atoms with E-state index < -0.39 is 5.60 Å². The highest BCUT2D eigenvalue weighted by molar-refractivity contribution is 5.90. The third-order valence-corrected chi connectivity index (χ3v) is 4.41. The fourth-order valence-corrected chi connectivity index (χ4v) is 2.80. The number of anilines is 1. The first kappa shape index (κ1) is 17.2. The first-order valence-electron chi connectivity index (χ1n) is 8.18. The largest absolute Gasteiger partial charge is 0.491 e. The van der Waals surface area contributed by atoms with Crippen LogP contribution in [0.5, 0.6) is 5.75 Å². The fourth-order valence-electron chi connectivity index (χ4n) is 2.80. The molecule has 1 aromatic carbocycles. The van der Waals surface area contributed by atoms with E-state index >= 15 is 0 Å². The van der Waals surface area contributed by atoms with Gasteiger partial charge in [-0.15, -0.1) is 0 Å². The molecule has 1 amide bonds. The zero-order chi connectivity index (χ0) is 17.7.